The number of hydrogen-bond acceptors (Lipinski definition) is 7. The van der Waals surface area contributed by atoms with Crippen LogP contribution in [0.5, 0.6) is 0 Å². The molecule has 0 amide bonds. The summed E-state index contributed by atoms with van der Waals surface area (Å²) in [6.07, 6.45) is 1.29. The molecule has 8 nitrogen and oxygen atoms in total. The van der Waals surface area contributed by atoms with Crippen LogP contribution in [0.1, 0.15) is 26.3 Å². The van der Waals surface area contributed by atoms with Crippen LogP contribution in [0.4, 0.5) is 5.69 Å². The van der Waals surface area contributed by atoms with Gasteiger partial charge in [-0.1, -0.05) is 12.1 Å². The molecule has 6 N–H and O–H groups in total. The Bertz CT molecular complexity index is 594. The fourth-order valence-electron chi connectivity index (χ4n) is 1.57. The summed E-state index contributed by atoms with van der Waals surface area (Å²) in [5.74, 6) is 0. The minimum Gasteiger partial charge on any atom is -0.402 e. The number of sulfonamides is 1. The molecule has 0 spiro atoms. The van der Waals surface area contributed by atoms with E-state index in [9.17, 15) is 18.6 Å². The summed E-state index contributed by atoms with van der Waals surface area (Å²) in [7, 11) is -5.49. The average molecular weight is 349 g/mol. The molecule has 1 unspecified atom stereocenters. The lowest BCUT2D eigenvalue weighted by Gasteiger charge is -2.35. The van der Waals surface area contributed by atoms with Crippen molar-refractivity contribution in [3.05, 3.63) is 29.8 Å². The second-order valence-corrected chi connectivity index (χ2v) is 7.68. The highest BCUT2D eigenvalue weighted by atomic mass is 32.2. The summed E-state index contributed by atoms with van der Waals surface area (Å²) in [5, 5.41) is 41.6. The molecule has 0 aromatic heterocycles. The lowest BCUT2D eigenvalue weighted by atomic mass is 9.82. The Morgan fingerprint density at radius 1 is 1.13 bits per heavy atom. The number of nitrogens with one attached hydrogen (secondary N) is 1. The minimum atomic E-state index is -3.33. The molecular weight excluding hydrogens is 325 g/mol. The molecule has 0 aliphatic carbocycles. The zero-order valence-corrected chi connectivity index (χ0v) is 14.4. The maximum atomic E-state index is 11.2. The molecule has 132 valence electrons. The topological polar surface area (TPSA) is 147 Å². The maximum Gasteiger partial charge on any atom is 0.631 e. The van der Waals surface area contributed by atoms with E-state index in [4.69, 9.17) is 15.1 Å². The highest BCUT2D eigenvalue weighted by Crippen LogP contribution is 2.26. The standard InChI is InChI=1S/C13H21NO4S.BH3O3/c1-12(2,15)13(3,16)9-10-6-5-7-11(8-10)14-19(4,17)18;2-1(3)4/h5-8,14-16H,9H2,1-4H3;2-4H. The van der Waals surface area contributed by atoms with Gasteiger partial charge in [0, 0.05) is 12.1 Å². The number of rotatable bonds is 5. The first-order chi connectivity index (χ1) is 10.1. The Kier molecular flexibility index (Phi) is 7.68. The molecule has 0 saturated heterocycles. The third-order valence-electron chi connectivity index (χ3n) is 3.10. The zero-order valence-electron chi connectivity index (χ0n) is 13.6. The lowest BCUT2D eigenvalue weighted by molar-refractivity contribution is -0.118. The lowest BCUT2D eigenvalue weighted by Crippen LogP contribution is -2.49. The van der Waals surface area contributed by atoms with Gasteiger partial charge in [-0.15, -0.1) is 0 Å². The molecule has 10 heteroatoms. The van der Waals surface area contributed by atoms with Gasteiger partial charge in [-0.05, 0) is 38.5 Å². The van der Waals surface area contributed by atoms with Crippen molar-refractivity contribution >= 4 is 23.0 Å². The number of anilines is 1. The van der Waals surface area contributed by atoms with E-state index >= 15 is 0 Å². The van der Waals surface area contributed by atoms with Crippen molar-refractivity contribution < 1.29 is 33.7 Å². The molecule has 0 radical (unpaired) electrons. The predicted molar refractivity (Wildman–Crippen MR) is 87.9 cm³/mol. The Labute approximate surface area is 136 Å². The van der Waals surface area contributed by atoms with Crippen LogP contribution in [0, 0.1) is 0 Å². The van der Waals surface area contributed by atoms with E-state index in [1.807, 2.05) is 0 Å². The van der Waals surface area contributed by atoms with E-state index in [2.05, 4.69) is 4.72 Å². The molecule has 0 heterocycles. The normalized spacial score (nSPS) is 14.3. The van der Waals surface area contributed by atoms with Crippen molar-refractivity contribution in [3.63, 3.8) is 0 Å². The van der Waals surface area contributed by atoms with Gasteiger partial charge in [0.15, 0.2) is 0 Å². The Morgan fingerprint density at radius 3 is 2.00 bits per heavy atom. The smallest absolute Gasteiger partial charge is 0.402 e. The Hall–Kier alpha value is -1.17. The van der Waals surface area contributed by atoms with Crippen molar-refractivity contribution in [2.45, 2.75) is 38.4 Å². The van der Waals surface area contributed by atoms with Gasteiger partial charge in [0.25, 0.3) is 0 Å². The van der Waals surface area contributed by atoms with Crippen LogP contribution in [0.3, 0.4) is 0 Å². The van der Waals surface area contributed by atoms with Crippen LogP contribution < -0.4 is 4.72 Å². The molecule has 0 saturated carbocycles. The van der Waals surface area contributed by atoms with Crippen LogP contribution in [0.2, 0.25) is 0 Å². The molecule has 0 aliphatic heterocycles. The van der Waals surface area contributed by atoms with Crippen LogP contribution in [-0.2, 0) is 16.4 Å². The average Bonchev–Trinajstić information content (AvgIpc) is 2.23. The van der Waals surface area contributed by atoms with Crippen LogP contribution in [0.25, 0.3) is 0 Å². The third-order valence-corrected chi connectivity index (χ3v) is 3.70. The first-order valence-corrected chi connectivity index (χ1v) is 8.59. The largest absolute Gasteiger partial charge is 0.631 e. The van der Waals surface area contributed by atoms with E-state index in [1.54, 1.807) is 31.2 Å². The number of aliphatic hydroxyl groups is 2. The van der Waals surface area contributed by atoms with Gasteiger partial charge in [-0.25, -0.2) is 8.42 Å². The number of hydrogen-bond donors (Lipinski definition) is 6. The van der Waals surface area contributed by atoms with Crippen molar-refractivity contribution in [1.82, 2.24) is 0 Å². The van der Waals surface area contributed by atoms with E-state index in [0.29, 0.717) is 5.69 Å². The van der Waals surface area contributed by atoms with Crippen molar-refractivity contribution in [2.24, 2.45) is 0 Å². The molecule has 1 rings (SSSR count). The second kappa shape index (κ2) is 8.09. The quantitative estimate of drug-likeness (QED) is 0.376. The highest BCUT2D eigenvalue weighted by molar-refractivity contribution is 7.92. The molecule has 1 aromatic rings. The predicted octanol–water partition coefficient (Wildman–Crippen LogP) is -0.929. The van der Waals surface area contributed by atoms with Gasteiger partial charge in [0.1, 0.15) is 0 Å². The Balaban J connectivity index is 0.00000108. The molecule has 1 aromatic carbocycles. The van der Waals surface area contributed by atoms with Gasteiger partial charge in [0.05, 0.1) is 17.5 Å². The fraction of sp³-hybridized carbons (Fsp3) is 0.538. The molecule has 0 aliphatic rings. The van der Waals surface area contributed by atoms with Crippen molar-refractivity contribution in [1.29, 1.82) is 0 Å². The minimum absolute atomic E-state index is 0.218. The summed E-state index contributed by atoms with van der Waals surface area (Å²) in [6, 6.07) is 6.74. The molecule has 23 heavy (non-hydrogen) atoms. The highest BCUT2D eigenvalue weighted by Gasteiger charge is 2.37. The summed E-state index contributed by atoms with van der Waals surface area (Å²) < 4.78 is 24.7. The molecule has 0 bridgehead atoms. The maximum absolute atomic E-state index is 11.2. The van der Waals surface area contributed by atoms with Gasteiger partial charge >= 0.3 is 7.32 Å². The van der Waals surface area contributed by atoms with Gasteiger partial charge < -0.3 is 25.3 Å². The van der Waals surface area contributed by atoms with Crippen LogP contribution >= 0.6 is 0 Å². The monoisotopic (exact) mass is 349 g/mol. The van der Waals surface area contributed by atoms with Crippen molar-refractivity contribution in [3.8, 4) is 0 Å². The van der Waals surface area contributed by atoms with Gasteiger partial charge in [-0.2, -0.15) is 0 Å². The summed E-state index contributed by atoms with van der Waals surface area (Å²) >= 11 is 0. The molecular formula is C13H24BNO7S. The Morgan fingerprint density at radius 2 is 1.61 bits per heavy atom. The van der Waals surface area contributed by atoms with E-state index in [-0.39, 0.29) is 6.42 Å². The van der Waals surface area contributed by atoms with E-state index < -0.39 is 28.5 Å². The zero-order chi connectivity index (χ0) is 18.5. The SMILES string of the molecule is CC(C)(O)C(C)(O)Cc1cccc(NS(C)(=O)=O)c1.OB(O)O. The van der Waals surface area contributed by atoms with Gasteiger partial charge in [-0.3, -0.25) is 4.72 Å². The summed E-state index contributed by atoms with van der Waals surface area (Å²) in [6.45, 7) is 4.61. The van der Waals surface area contributed by atoms with Crippen LogP contribution in [0.15, 0.2) is 24.3 Å². The van der Waals surface area contributed by atoms with E-state index in [1.165, 1.54) is 13.8 Å². The first kappa shape index (κ1) is 21.8. The molecule has 1 atom stereocenters. The first-order valence-electron chi connectivity index (χ1n) is 6.70. The summed E-state index contributed by atoms with van der Waals surface area (Å²) in [5.41, 5.74) is -1.39. The van der Waals surface area contributed by atoms with E-state index in [0.717, 1.165) is 11.8 Å². The van der Waals surface area contributed by atoms with Gasteiger partial charge in [0.2, 0.25) is 10.0 Å². The van der Waals surface area contributed by atoms with Crippen LogP contribution in [-0.4, -0.2) is 58.5 Å². The molecule has 0 fully saturated rings. The second-order valence-electron chi connectivity index (χ2n) is 5.93. The summed E-state index contributed by atoms with van der Waals surface area (Å²) in [4.78, 5) is 0. The van der Waals surface area contributed by atoms with Crippen molar-refractivity contribution in [2.75, 3.05) is 11.0 Å². The third kappa shape index (κ3) is 9.54. The number of benzene rings is 1. The fourth-order valence-corrected chi connectivity index (χ4v) is 2.13.